The highest BCUT2D eigenvalue weighted by Gasteiger charge is 2.37. The Hall–Kier alpha value is -2.50. The minimum absolute atomic E-state index is 0. The summed E-state index contributed by atoms with van der Waals surface area (Å²) in [5.74, 6) is 0.992. The molecule has 13 heteroatoms. The number of aromatic amines is 1. The van der Waals surface area contributed by atoms with Crippen molar-refractivity contribution in [1.82, 2.24) is 25.1 Å². The largest absolute Gasteiger partial charge is 0.493 e. The lowest BCUT2D eigenvalue weighted by Gasteiger charge is -2.37. The Morgan fingerprint density at radius 3 is 2.41 bits per heavy atom. The molecule has 0 aliphatic carbocycles. The van der Waals surface area contributed by atoms with E-state index in [0.29, 0.717) is 37.8 Å². The second kappa shape index (κ2) is 12.4. The van der Waals surface area contributed by atoms with E-state index in [4.69, 9.17) is 16.3 Å². The summed E-state index contributed by atoms with van der Waals surface area (Å²) in [4.78, 5) is 14.4. The Labute approximate surface area is 225 Å². The van der Waals surface area contributed by atoms with Gasteiger partial charge < -0.3 is 19.4 Å². The maximum Gasteiger partial charge on any atom is 0.433 e. The molecule has 0 spiro atoms. The van der Waals surface area contributed by atoms with Crippen molar-refractivity contribution in [2.45, 2.75) is 33.4 Å². The molecule has 204 valence electrons. The van der Waals surface area contributed by atoms with E-state index in [1.807, 2.05) is 24.0 Å². The van der Waals surface area contributed by atoms with Gasteiger partial charge in [-0.2, -0.15) is 18.3 Å². The van der Waals surface area contributed by atoms with E-state index in [0.717, 1.165) is 43.1 Å². The Kier molecular flexibility index (Phi) is 9.71. The maximum absolute atomic E-state index is 13.5. The quantitative estimate of drug-likeness (QED) is 0.360. The first-order chi connectivity index (χ1) is 17.2. The molecule has 37 heavy (non-hydrogen) atoms. The zero-order valence-corrected chi connectivity index (χ0v) is 22.7. The van der Waals surface area contributed by atoms with Crippen molar-refractivity contribution < 1.29 is 17.9 Å². The van der Waals surface area contributed by atoms with Gasteiger partial charge in [-0.25, -0.2) is 9.97 Å². The minimum atomic E-state index is -4.57. The van der Waals surface area contributed by atoms with Crippen LogP contribution >= 0.6 is 24.0 Å². The van der Waals surface area contributed by atoms with E-state index in [-0.39, 0.29) is 29.3 Å². The molecule has 2 aromatic heterocycles. The van der Waals surface area contributed by atoms with Crippen LogP contribution in [0.5, 0.6) is 5.75 Å². The first-order valence-electron chi connectivity index (χ1n) is 12.1. The van der Waals surface area contributed by atoms with E-state index in [1.54, 1.807) is 0 Å². The highest BCUT2D eigenvalue weighted by atomic mass is 35.5. The SMILES string of the molecule is CCN(CC)CCCOc1cc(Cl)cc(N2CCN(c3ncnc4n[nH]c(C(F)(F)F)c34)CC2)c1C.Cl. The van der Waals surface area contributed by atoms with Crippen LogP contribution in [-0.2, 0) is 6.18 Å². The number of nitrogens with one attached hydrogen (secondary N) is 1. The molecule has 3 heterocycles. The number of piperazine rings is 1. The van der Waals surface area contributed by atoms with Crippen LogP contribution in [0.25, 0.3) is 11.0 Å². The van der Waals surface area contributed by atoms with Gasteiger partial charge in [-0.3, -0.25) is 5.10 Å². The predicted octanol–water partition coefficient (Wildman–Crippen LogP) is 5.19. The highest BCUT2D eigenvalue weighted by Crippen LogP contribution is 2.37. The molecule has 0 saturated carbocycles. The third-order valence-corrected chi connectivity index (χ3v) is 6.82. The maximum atomic E-state index is 13.5. The zero-order chi connectivity index (χ0) is 25.9. The number of aromatic nitrogens is 4. The van der Waals surface area contributed by atoms with Crippen LogP contribution in [0, 0.1) is 6.92 Å². The van der Waals surface area contributed by atoms with Gasteiger partial charge in [0.05, 0.1) is 12.0 Å². The molecule has 1 aromatic carbocycles. The van der Waals surface area contributed by atoms with Gasteiger partial charge in [0.2, 0.25) is 0 Å². The van der Waals surface area contributed by atoms with Crippen molar-refractivity contribution in [3.8, 4) is 5.75 Å². The standard InChI is InChI=1S/C24H31ClF3N7O.ClH/c1-4-33(5-2)7-6-12-36-19-14-17(25)13-18(16(19)3)34-8-10-35(11-9-34)23-20-21(24(26,27)28)31-32-22(20)29-15-30-23;/h13-15H,4-12H2,1-3H3,(H,29,30,31,32);1H. The van der Waals surface area contributed by atoms with Crippen molar-refractivity contribution in [1.29, 1.82) is 0 Å². The van der Waals surface area contributed by atoms with E-state index < -0.39 is 11.9 Å². The van der Waals surface area contributed by atoms with Crippen molar-refractivity contribution in [3.63, 3.8) is 0 Å². The molecule has 1 fully saturated rings. The normalized spacial score (nSPS) is 14.4. The number of H-pyrrole nitrogens is 1. The number of alkyl halides is 3. The van der Waals surface area contributed by atoms with Gasteiger partial charge in [0.25, 0.3) is 0 Å². The van der Waals surface area contributed by atoms with Gasteiger partial charge in [-0.05, 0) is 38.6 Å². The summed E-state index contributed by atoms with van der Waals surface area (Å²) in [7, 11) is 0. The number of nitrogens with zero attached hydrogens (tertiary/aromatic N) is 6. The summed E-state index contributed by atoms with van der Waals surface area (Å²) in [6, 6.07) is 3.75. The first-order valence-corrected chi connectivity index (χ1v) is 12.5. The summed E-state index contributed by atoms with van der Waals surface area (Å²) >= 11 is 6.43. The molecule has 1 aliphatic heterocycles. The van der Waals surface area contributed by atoms with Gasteiger partial charge in [-0.1, -0.05) is 25.4 Å². The minimum Gasteiger partial charge on any atom is -0.493 e. The second-order valence-corrected chi connectivity index (χ2v) is 9.18. The third kappa shape index (κ3) is 6.50. The van der Waals surface area contributed by atoms with Crippen LogP contribution in [0.4, 0.5) is 24.7 Å². The summed E-state index contributed by atoms with van der Waals surface area (Å²) in [6.45, 7) is 12.1. The van der Waals surface area contributed by atoms with Crippen molar-refractivity contribution in [2.75, 3.05) is 62.2 Å². The number of anilines is 2. The van der Waals surface area contributed by atoms with E-state index in [9.17, 15) is 13.2 Å². The van der Waals surface area contributed by atoms with E-state index in [1.165, 1.54) is 6.33 Å². The fraction of sp³-hybridized carbons (Fsp3) is 0.542. The number of ether oxygens (including phenoxy) is 1. The van der Waals surface area contributed by atoms with Gasteiger partial charge in [-0.15, -0.1) is 12.4 Å². The van der Waals surface area contributed by atoms with Crippen molar-refractivity contribution >= 4 is 46.5 Å². The van der Waals surface area contributed by atoms with E-state index in [2.05, 4.69) is 43.8 Å². The van der Waals surface area contributed by atoms with Gasteiger partial charge >= 0.3 is 6.18 Å². The lowest BCUT2D eigenvalue weighted by Crippen LogP contribution is -2.47. The Balaban J connectivity index is 0.00000380. The summed E-state index contributed by atoms with van der Waals surface area (Å²) in [5, 5.41) is 6.28. The third-order valence-electron chi connectivity index (χ3n) is 6.60. The average Bonchev–Trinajstić information content (AvgIpc) is 3.31. The molecule has 0 radical (unpaired) electrons. The Morgan fingerprint density at radius 1 is 1.08 bits per heavy atom. The average molecular weight is 562 g/mol. The van der Waals surface area contributed by atoms with Crippen LogP contribution < -0.4 is 14.5 Å². The fourth-order valence-electron chi connectivity index (χ4n) is 4.57. The molecule has 0 unspecified atom stereocenters. The fourth-order valence-corrected chi connectivity index (χ4v) is 4.78. The molecule has 0 bridgehead atoms. The lowest BCUT2D eigenvalue weighted by molar-refractivity contribution is -0.139. The number of benzene rings is 1. The molecule has 0 amide bonds. The molecule has 1 N–H and O–H groups in total. The molecule has 4 rings (SSSR count). The second-order valence-electron chi connectivity index (χ2n) is 8.74. The number of halogens is 5. The first kappa shape index (κ1) is 29.1. The van der Waals surface area contributed by atoms with Crippen molar-refractivity contribution in [2.24, 2.45) is 0 Å². The van der Waals surface area contributed by atoms with Gasteiger partial charge in [0, 0.05) is 49.0 Å². The van der Waals surface area contributed by atoms with Crippen LogP contribution in [0.3, 0.4) is 0 Å². The molecular formula is C24H32Cl2F3N7O. The monoisotopic (exact) mass is 561 g/mol. The van der Waals surface area contributed by atoms with Crippen LogP contribution in [0.1, 0.15) is 31.5 Å². The molecule has 1 saturated heterocycles. The molecule has 0 atom stereocenters. The Morgan fingerprint density at radius 2 is 1.76 bits per heavy atom. The van der Waals surface area contributed by atoms with Crippen LogP contribution in [0.15, 0.2) is 18.5 Å². The van der Waals surface area contributed by atoms with Crippen LogP contribution in [-0.4, -0.2) is 77.5 Å². The topological polar surface area (TPSA) is 73.4 Å². The summed E-state index contributed by atoms with van der Waals surface area (Å²) in [5.41, 5.74) is 1.04. The number of hydrogen-bond acceptors (Lipinski definition) is 7. The number of hydrogen-bond donors (Lipinski definition) is 1. The summed E-state index contributed by atoms with van der Waals surface area (Å²) in [6.07, 6.45) is -2.41. The highest BCUT2D eigenvalue weighted by molar-refractivity contribution is 6.31. The molecule has 8 nitrogen and oxygen atoms in total. The summed E-state index contributed by atoms with van der Waals surface area (Å²) < 4.78 is 46.6. The van der Waals surface area contributed by atoms with Crippen LogP contribution in [0.2, 0.25) is 5.02 Å². The molecular weight excluding hydrogens is 530 g/mol. The van der Waals surface area contributed by atoms with Gasteiger partial charge in [0.1, 0.15) is 17.9 Å². The van der Waals surface area contributed by atoms with E-state index >= 15 is 0 Å². The number of fused-ring (bicyclic) bond motifs is 1. The Bertz CT molecular complexity index is 1180. The zero-order valence-electron chi connectivity index (χ0n) is 21.1. The molecule has 3 aromatic rings. The lowest BCUT2D eigenvalue weighted by atomic mass is 10.1. The predicted molar refractivity (Wildman–Crippen MR) is 142 cm³/mol. The molecule has 1 aliphatic rings. The van der Waals surface area contributed by atoms with Crippen molar-refractivity contribution in [3.05, 3.63) is 34.7 Å². The van der Waals surface area contributed by atoms with Gasteiger partial charge in [0.15, 0.2) is 11.3 Å². The number of rotatable bonds is 9. The smallest absolute Gasteiger partial charge is 0.433 e.